The van der Waals surface area contributed by atoms with Gasteiger partial charge in [0.05, 0.1) is 12.4 Å². The Morgan fingerprint density at radius 2 is 2.13 bits per heavy atom. The lowest BCUT2D eigenvalue weighted by Crippen LogP contribution is -2.06. The summed E-state index contributed by atoms with van der Waals surface area (Å²) in [4.78, 5) is 12.0. The molecule has 0 aliphatic carbocycles. The van der Waals surface area contributed by atoms with E-state index in [2.05, 4.69) is 13.2 Å². The Bertz CT molecular complexity index is 277. The number of esters is 1. The largest absolute Gasteiger partial charge is 0.465 e. The van der Waals surface area contributed by atoms with Crippen LogP contribution in [0.25, 0.3) is 0 Å². The minimum absolute atomic E-state index is 0.204. The average molecular weight is 224 g/mol. The van der Waals surface area contributed by atoms with Gasteiger partial charge >= 0.3 is 5.97 Å². The van der Waals surface area contributed by atoms with Gasteiger partial charge in [0.15, 0.2) is 0 Å². The zero-order chi connectivity index (χ0) is 11.5. The zero-order valence-corrected chi connectivity index (χ0v) is 9.76. The fourth-order valence-corrected chi connectivity index (χ4v) is 1.51. The number of hydrogen-bond acceptors (Lipinski definition) is 3. The molecule has 0 aromatic carbocycles. The lowest BCUT2D eigenvalue weighted by Gasteiger charge is -2.01. The number of hydrogen-bond donors (Lipinski definition) is 0. The van der Waals surface area contributed by atoms with Crippen molar-refractivity contribution in [3.8, 4) is 0 Å². The molecule has 0 atom stereocenters. The van der Waals surface area contributed by atoms with E-state index < -0.39 is 0 Å². The van der Waals surface area contributed by atoms with Gasteiger partial charge < -0.3 is 4.74 Å². The van der Waals surface area contributed by atoms with Crippen molar-refractivity contribution in [3.63, 3.8) is 0 Å². The monoisotopic (exact) mass is 224 g/mol. The van der Waals surface area contributed by atoms with Crippen molar-refractivity contribution in [2.24, 2.45) is 0 Å². The summed E-state index contributed by atoms with van der Waals surface area (Å²) in [5.74, 6) is 0.110. The van der Waals surface area contributed by atoms with Gasteiger partial charge in [0.1, 0.15) is 0 Å². The molecule has 0 amide bonds. The quantitative estimate of drug-likeness (QED) is 0.491. The van der Waals surface area contributed by atoms with Gasteiger partial charge in [-0.1, -0.05) is 31.4 Å². The predicted molar refractivity (Wildman–Crippen MR) is 66.7 cm³/mol. The molecule has 2 nitrogen and oxygen atoms in total. The maximum absolute atomic E-state index is 11.1. The van der Waals surface area contributed by atoms with Crippen LogP contribution in [0, 0.1) is 0 Å². The van der Waals surface area contributed by atoms with E-state index in [1.807, 2.05) is 18.2 Å². The van der Waals surface area contributed by atoms with Gasteiger partial charge in [-0.2, -0.15) is 0 Å². The highest BCUT2D eigenvalue weighted by Crippen LogP contribution is 2.17. The molecule has 0 fully saturated rings. The molecule has 0 aromatic heterocycles. The lowest BCUT2D eigenvalue weighted by atomic mass is 10.4. The minimum Gasteiger partial charge on any atom is -0.465 e. The number of ether oxygens (including phenoxy) is 1. The van der Waals surface area contributed by atoms with Crippen LogP contribution in [0.5, 0.6) is 0 Å². The van der Waals surface area contributed by atoms with E-state index >= 15 is 0 Å². The second kappa shape index (κ2) is 9.34. The van der Waals surface area contributed by atoms with E-state index in [0.717, 1.165) is 4.91 Å². The lowest BCUT2D eigenvalue weighted by molar-refractivity contribution is -0.139. The highest BCUT2D eigenvalue weighted by atomic mass is 32.2. The van der Waals surface area contributed by atoms with Crippen molar-refractivity contribution in [3.05, 3.63) is 48.4 Å². The third kappa shape index (κ3) is 7.82. The molecule has 0 spiro atoms. The first-order chi connectivity index (χ1) is 7.24. The van der Waals surface area contributed by atoms with Crippen LogP contribution >= 0.6 is 11.8 Å². The van der Waals surface area contributed by atoms with Gasteiger partial charge in [-0.15, -0.1) is 11.8 Å². The van der Waals surface area contributed by atoms with Crippen LogP contribution in [-0.4, -0.2) is 18.3 Å². The van der Waals surface area contributed by atoms with E-state index in [1.54, 1.807) is 19.1 Å². The molecule has 0 aliphatic heterocycles. The zero-order valence-electron chi connectivity index (χ0n) is 8.94. The fraction of sp³-hybridized carbons (Fsp3) is 0.250. The molecule has 0 aromatic rings. The Balaban J connectivity index is 4.13. The Labute approximate surface area is 95.4 Å². The first kappa shape index (κ1) is 13.8. The molecule has 0 saturated carbocycles. The van der Waals surface area contributed by atoms with Crippen molar-refractivity contribution >= 4 is 17.7 Å². The number of allylic oxidation sites excluding steroid dienone is 5. The molecule has 0 heterocycles. The van der Waals surface area contributed by atoms with Gasteiger partial charge in [-0.25, -0.2) is 0 Å². The SMILES string of the molecule is C=C/C=C\C(=C/C=C)SCC(=O)OCC. The Morgan fingerprint density at radius 1 is 1.40 bits per heavy atom. The molecule has 0 bridgehead atoms. The fourth-order valence-electron chi connectivity index (χ4n) is 0.776. The molecule has 0 aliphatic rings. The van der Waals surface area contributed by atoms with Gasteiger partial charge in [-0.05, 0) is 19.1 Å². The van der Waals surface area contributed by atoms with Crippen LogP contribution < -0.4 is 0 Å². The van der Waals surface area contributed by atoms with Crippen molar-refractivity contribution in [1.82, 2.24) is 0 Å². The van der Waals surface area contributed by atoms with E-state index in [4.69, 9.17) is 4.74 Å². The van der Waals surface area contributed by atoms with Gasteiger partial charge in [0.25, 0.3) is 0 Å². The topological polar surface area (TPSA) is 26.3 Å². The summed E-state index contributed by atoms with van der Waals surface area (Å²) >= 11 is 1.41. The Hall–Kier alpha value is -1.22. The number of thioether (sulfide) groups is 1. The van der Waals surface area contributed by atoms with E-state index in [-0.39, 0.29) is 5.97 Å². The summed E-state index contributed by atoms with van der Waals surface area (Å²) in [7, 11) is 0. The maximum atomic E-state index is 11.1. The molecular formula is C12H16O2S. The first-order valence-corrected chi connectivity index (χ1v) is 5.63. The molecule has 0 saturated heterocycles. The first-order valence-electron chi connectivity index (χ1n) is 4.64. The van der Waals surface area contributed by atoms with Crippen LogP contribution in [0.4, 0.5) is 0 Å². The summed E-state index contributed by atoms with van der Waals surface area (Å²) in [5, 5.41) is 0. The van der Waals surface area contributed by atoms with Crippen LogP contribution in [0.2, 0.25) is 0 Å². The highest BCUT2D eigenvalue weighted by molar-refractivity contribution is 8.03. The molecule has 15 heavy (non-hydrogen) atoms. The van der Waals surface area contributed by atoms with E-state index in [0.29, 0.717) is 12.4 Å². The molecule has 0 rings (SSSR count). The molecule has 3 heteroatoms. The summed E-state index contributed by atoms with van der Waals surface area (Å²) in [6.07, 6.45) is 8.89. The summed E-state index contributed by atoms with van der Waals surface area (Å²) in [6, 6.07) is 0. The second-order valence-electron chi connectivity index (χ2n) is 2.49. The van der Waals surface area contributed by atoms with Gasteiger partial charge in [-0.3, -0.25) is 4.79 Å². The molecule has 0 radical (unpaired) electrons. The minimum atomic E-state index is -0.204. The third-order valence-corrected chi connectivity index (χ3v) is 2.33. The second-order valence-corrected chi connectivity index (χ2v) is 3.54. The molecule has 82 valence electrons. The van der Waals surface area contributed by atoms with E-state index in [9.17, 15) is 4.79 Å². The van der Waals surface area contributed by atoms with Crippen molar-refractivity contribution < 1.29 is 9.53 Å². The number of carbonyl (C=O) groups is 1. The Morgan fingerprint density at radius 3 is 2.67 bits per heavy atom. The standard InChI is InChI=1S/C12H16O2S/c1-4-7-9-11(8-5-2)15-10-12(13)14-6-3/h4-5,7-9H,1-2,6,10H2,3H3/b9-7-,11-8+. The van der Waals surface area contributed by atoms with Gasteiger partial charge in [0.2, 0.25) is 0 Å². The molecular weight excluding hydrogens is 208 g/mol. The van der Waals surface area contributed by atoms with Crippen LogP contribution in [-0.2, 0) is 9.53 Å². The van der Waals surface area contributed by atoms with Gasteiger partial charge in [0, 0.05) is 4.91 Å². The van der Waals surface area contributed by atoms with Crippen molar-refractivity contribution in [1.29, 1.82) is 0 Å². The smallest absolute Gasteiger partial charge is 0.316 e. The molecule has 0 unspecified atom stereocenters. The Kier molecular flexibility index (Phi) is 8.58. The van der Waals surface area contributed by atoms with Crippen LogP contribution in [0.15, 0.2) is 48.4 Å². The summed E-state index contributed by atoms with van der Waals surface area (Å²) in [6.45, 7) is 9.39. The van der Waals surface area contributed by atoms with Crippen molar-refractivity contribution in [2.75, 3.05) is 12.4 Å². The third-order valence-electron chi connectivity index (χ3n) is 1.34. The summed E-state index contributed by atoms with van der Waals surface area (Å²) < 4.78 is 4.82. The predicted octanol–water partition coefficient (Wildman–Crippen LogP) is 3.09. The summed E-state index contributed by atoms with van der Waals surface area (Å²) in [5.41, 5.74) is 0. The normalized spacial score (nSPS) is 11.4. The average Bonchev–Trinajstić information content (AvgIpc) is 2.22. The van der Waals surface area contributed by atoms with Crippen LogP contribution in [0.3, 0.4) is 0 Å². The number of rotatable bonds is 7. The number of carbonyl (C=O) groups excluding carboxylic acids is 1. The maximum Gasteiger partial charge on any atom is 0.316 e. The van der Waals surface area contributed by atoms with Crippen molar-refractivity contribution in [2.45, 2.75) is 6.92 Å². The van der Waals surface area contributed by atoms with Crippen LogP contribution in [0.1, 0.15) is 6.92 Å². The van der Waals surface area contributed by atoms with E-state index in [1.165, 1.54) is 11.8 Å². The highest BCUT2D eigenvalue weighted by Gasteiger charge is 2.02. The molecule has 0 N–H and O–H groups in total.